The standard InChI is InChI=1S/C28H28N2O4S2.C10H14.ClH.Ru/c1-21-13-17-25(18-14-21)35(31,32)29-27(23-9-5-3-6-10-23)28(24-11-7-4-8-12-24)30-36(33,34)26-19-15-22(2)16-20-26;1-8(2)10-6-4-9(3)5-7-10;;/h3-20,27-30H,1-2H3;4-8H,1-3H3;1H;/q;;;+1/p-1/t27-,28-;;;/m1.../s1. The van der Waals surface area contributed by atoms with Crippen molar-refractivity contribution >= 4 is 29.7 Å². The maximum absolute atomic E-state index is 13.4. The van der Waals surface area contributed by atoms with Crippen molar-refractivity contribution in [1.82, 2.24) is 9.44 Å². The summed E-state index contributed by atoms with van der Waals surface area (Å²) in [5.41, 5.74) is 3.10. The van der Waals surface area contributed by atoms with E-state index in [1.165, 1.54) is 36.1 Å². The van der Waals surface area contributed by atoms with Crippen molar-refractivity contribution < 1.29 is 34.1 Å². The zero-order valence-electron chi connectivity index (χ0n) is 27.6. The number of hydrogen-bond donors (Lipinski definition) is 2. The van der Waals surface area contributed by atoms with Gasteiger partial charge in [0, 0.05) is 0 Å². The molecule has 0 bridgehead atoms. The van der Waals surface area contributed by atoms with Crippen LogP contribution in [0, 0.1) is 57.3 Å². The summed E-state index contributed by atoms with van der Waals surface area (Å²) in [7, 11) is -3.41. The van der Waals surface area contributed by atoms with Crippen LogP contribution < -0.4 is 9.44 Å². The molecule has 1 aliphatic rings. The Kier molecular flexibility index (Phi) is 16.0. The van der Waals surface area contributed by atoms with Crippen LogP contribution in [0.4, 0.5) is 0 Å². The van der Waals surface area contributed by atoms with Crippen molar-refractivity contribution in [1.29, 1.82) is 0 Å². The van der Waals surface area contributed by atoms with E-state index in [1.54, 1.807) is 72.8 Å². The topological polar surface area (TPSA) is 92.3 Å². The minimum absolute atomic E-state index is 0.0993. The van der Waals surface area contributed by atoms with Gasteiger partial charge in [0.2, 0.25) is 20.0 Å². The summed E-state index contributed by atoms with van der Waals surface area (Å²) in [6, 6.07) is 29.1. The van der Waals surface area contributed by atoms with Crippen LogP contribution in [0.2, 0.25) is 0 Å². The molecule has 1 fully saturated rings. The van der Waals surface area contributed by atoms with E-state index in [4.69, 9.17) is 0 Å². The summed E-state index contributed by atoms with van der Waals surface area (Å²) in [5, 5.41) is 0. The number of hydrogen-bond acceptors (Lipinski definition) is 4. The van der Waals surface area contributed by atoms with Crippen molar-refractivity contribution in [3.05, 3.63) is 169 Å². The Morgan fingerprint density at radius 3 is 1.17 bits per heavy atom. The van der Waals surface area contributed by atoms with Crippen LogP contribution in [0.1, 0.15) is 55.1 Å². The zero-order chi connectivity index (χ0) is 35.3. The summed E-state index contributed by atoms with van der Waals surface area (Å²) < 4.78 is 59.3. The molecule has 2 N–H and O–H groups in total. The molecule has 0 heterocycles. The first kappa shape index (κ1) is 40.0. The molecule has 1 aliphatic carbocycles. The third kappa shape index (κ3) is 11.9. The Labute approximate surface area is 302 Å². The van der Waals surface area contributed by atoms with Gasteiger partial charge >= 0.3 is 27.0 Å². The summed E-state index contributed by atoms with van der Waals surface area (Å²) in [5.74, 6) is 3.41. The van der Waals surface area contributed by atoms with Crippen LogP contribution in [0.3, 0.4) is 0 Å². The van der Waals surface area contributed by atoms with E-state index in [9.17, 15) is 16.8 Å². The fourth-order valence-electron chi connectivity index (χ4n) is 4.83. The molecule has 0 amide bonds. The number of nitrogens with one attached hydrogen (secondary N) is 2. The van der Waals surface area contributed by atoms with Gasteiger partial charge in [0.25, 0.3) is 0 Å². The molecule has 4 aromatic carbocycles. The van der Waals surface area contributed by atoms with Gasteiger partial charge in [-0.15, -0.1) is 0 Å². The van der Waals surface area contributed by atoms with Crippen LogP contribution in [-0.4, -0.2) is 16.8 Å². The summed E-state index contributed by atoms with van der Waals surface area (Å²) in [6.07, 6.45) is 8.71. The number of halogens is 1. The molecule has 0 aliphatic heterocycles. The second-order valence-electron chi connectivity index (χ2n) is 11.7. The van der Waals surface area contributed by atoms with Gasteiger partial charge in [-0.3, -0.25) is 0 Å². The van der Waals surface area contributed by atoms with E-state index < -0.39 is 32.1 Å². The van der Waals surface area contributed by atoms with Crippen molar-refractivity contribution in [3.8, 4) is 0 Å². The van der Waals surface area contributed by atoms with E-state index in [0.717, 1.165) is 11.1 Å². The summed E-state index contributed by atoms with van der Waals surface area (Å²) in [4.78, 5) is 0.199. The van der Waals surface area contributed by atoms with Gasteiger partial charge in [-0.05, 0) is 92.7 Å². The van der Waals surface area contributed by atoms with Gasteiger partial charge in [0.15, 0.2) is 0 Å². The van der Waals surface area contributed by atoms with Gasteiger partial charge in [0.1, 0.15) is 0 Å². The van der Waals surface area contributed by atoms with Crippen molar-refractivity contribution in [2.45, 2.75) is 56.5 Å². The van der Waals surface area contributed by atoms with Gasteiger partial charge in [-0.1, -0.05) is 117 Å². The summed E-state index contributed by atoms with van der Waals surface area (Å²) in [6.45, 7) is 10.3. The Bertz CT molecular complexity index is 1610. The van der Waals surface area contributed by atoms with E-state index in [1.807, 2.05) is 43.3 Å². The Morgan fingerprint density at radius 1 is 0.521 bits per heavy atom. The molecule has 0 spiro atoms. The zero-order valence-corrected chi connectivity index (χ0v) is 31.7. The van der Waals surface area contributed by atoms with Crippen LogP contribution in [0.25, 0.3) is 0 Å². The van der Waals surface area contributed by atoms with E-state index in [-0.39, 0.29) is 9.79 Å². The molecule has 255 valence electrons. The molecule has 0 unspecified atom stereocenters. The number of benzene rings is 4. The number of aryl methyl sites for hydroxylation is 2. The molecule has 0 aromatic heterocycles. The third-order valence-corrected chi connectivity index (χ3v) is 10.5. The van der Waals surface area contributed by atoms with Crippen LogP contribution >= 0.6 is 9.69 Å². The second kappa shape index (κ2) is 19.1. The first-order chi connectivity index (χ1) is 22.9. The Morgan fingerprint density at radius 2 is 0.854 bits per heavy atom. The molecular weight excluding hydrogens is 749 g/mol. The summed E-state index contributed by atoms with van der Waals surface area (Å²) >= 11 is 1.82. The monoisotopic (exact) mass is 791 g/mol. The molecule has 10 heteroatoms. The van der Waals surface area contributed by atoms with Crippen molar-refractivity contribution in [2.75, 3.05) is 0 Å². The minimum atomic E-state index is -3.99. The van der Waals surface area contributed by atoms with Crippen LogP contribution in [-0.2, 0) is 37.4 Å². The van der Waals surface area contributed by atoms with Crippen LogP contribution in [0.5, 0.6) is 0 Å². The fourth-order valence-corrected chi connectivity index (χ4v) is 7.31. The van der Waals surface area contributed by atoms with Crippen molar-refractivity contribution in [3.63, 3.8) is 0 Å². The Balaban J connectivity index is 0.000000442. The van der Waals surface area contributed by atoms with Gasteiger partial charge in [0.05, 0.1) is 21.9 Å². The molecule has 6 radical (unpaired) electrons. The number of sulfonamides is 2. The number of rotatable bonds is 10. The molecule has 1 saturated carbocycles. The first-order valence-corrected chi connectivity index (χ1v) is 20.5. The van der Waals surface area contributed by atoms with Crippen molar-refractivity contribution in [2.24, 2.45) is 5.92 Å². The Hall–Kier alpha value is -2.39. The fraction of sp³-hybridized carbons (Fsp3) is 0.211. The predicted molar refractivity (Wildman–Crippen MR) is 191 cm³/mol. The molecule has 0 saturated heterocycles. The quantitative estimate of drug-likeness (QED) is 0.158. The second-order valence-corrected chi connectivity index (χ2v) is 15.1. The van der Waals surface area contributed by atoms with E-state index >= 15 is 0 Å². The van der Waals surface area contributed by atoms with Crippen LogP contribution in [0.15, 0.2) is 119 Å². The molecular formula is C38H42ClN2O4RuS2. The van der Waals surface area contributed by atoms with E-state index in [2.05, 4.69) is 65.6 Å². The maximum atomic E-state index is 13.4. The average Bonchev–Trinajstić information content (AvgIpc) is 3.09. The first-order valence-electron chi connectivity index (χ1n) is 15.3. The molecule has 4 aromatic rings. The normalized spacial score (nSPS) is 15.4. The molecule has 6 nitrogen and oxygen atoms in total. The molecule has 48 heavy (non-hydrogen) atoms. The van der Waals surface area contributed by atoms with Gasteiger partial charge < -0.3 is 0 Å². The van der Waals surface area contributed by atoms with E-state index in [0.29, 0.717) is 17.0 Å². The van der Waals surface area contributed by atoms with Gasteiger partial charge in [-0.25, -0.2) is 26.3 Å². The van der Waals surface area contributed by atoms with Gasteiger partial charge in [-0.2, -0.15) is 0 Å². The average molecular weight is 791 g/mol. The molecule has 5 rings (SSSR count). The SMILES string of the molecule is C[C]1[CH][CH][C](C(C)C)[CH][CH]1.Cc1ccc(S(=O)(=O)N[C@H](c2ccccc2)[C@H](NS(=O)(=O)c2ccc(C)cc2)c2ccccc2)cc1.[Cl][Ru]. The predicted octanol–water partition coefficient (Wildman–Crippen LogP) is 8.37. The third-order valence-electron chi connectivity index (χ3n) is 7.62. The molecule has 2 atom stereocenters.